The van der Waals surface area contributed by atoms with Gasteiger partial charge in [-0.3, -0.25) is 4.79 Å². The number of para-hydroxylation sites is 1. The molecule has 0 aliphatic carbocycles. The molecule has 0 saturated carbocycles. The minimum Gasteiger partial charge on any atom is -0.454 e. The van der Waals surface area contributed by atoms with E-state index in [1.165, 1.54) is 4.90 Å². The molecule has 0 bridgehead atoms. The van der Waals surface area contributed by atoms with Gasteiger partial charge in [0, 0.05) is 0 Å². The highest BCUT2D eigenvalue weighted by Crippen LogP contribution is 2.28. The van der Waals surface area contributed by atoms with E-state index in [-0.39, 0.29) is 11.1 Å². The molecule has 1 aromatic rings. The second-order valence-electron chi connectivity index (χ2n) is 3.85. The first-order valence-electron chi connectivity index (χ1n) is 4.65. The van der Waals surface area contributed by atoms with Crippen LogP contribution in [0.2, 0.25) is 0 Å². The monoisotopic (exact) mass is 221 g/mol. The molecule has 78 valence electrons. The zero-order valence-corrected chi connectivity index (χ0v) is 9.38. The van der Waals surface area contributed by atoms with Gasteiger partial charge in [-0.1, -0.05) is 18.2 Å². The number of carbonyl (C=O) groups is 1. The summed E-state index contributed by atoms with van der Waals surface area (Å²) in [7, 11) is 0. The van der Waals surface area contributed by atoms with E-state index in [4.69, 9.17) is 17.0 Å². The van der Waals surface area contributed by atoms with E-state index in [0.717, 1.165) is 5.69 Å². The third-order valence-electron chi connectivity index (χ3n) is 2.26. The summed E-state index contributed by atoms with van der Waals surface area (Å²) in [6.45, 7) is 3.43. The van der Waals surface area contributed by atoms with Gasteiger partial charge in [0.25, 0.3) is 11.1 Å². The maximum atomic E-state index is 12.0. The highest BCUT2D eigenvalue weighted by atomic mass is 32.1. The number of rotatable bonds is 1. The van der Waals surface area contributed by atoms with Crippen molar-refractivity contribution in [2.45, 2.75) is 19.4 Å². The van der Waals surface area contributed by atoms with Gasteiger partial charge in [0.1, 0.15) is 0 Å². The summed E-state index contributed by atoms with van der Waals surface area (Å²) in [6.07, 6.45) is 0. The number of anilines is 1. The Balaban J connectivity index is 2.40. The van der Waals surface area contributed by atoms with Crippen molar-refractivity contribution in [1.82, 2.24) is 0 Å². The molecule has 2 rings (SSSR count). The van der Waals surface area contributed by atoms with E-state index < -0.39 is 5.60 Å². The molecule has 0 spiro atoms. The Hall–Kier alpha value is -1.42. The third kappa shape index (κ3) is 1.61. The van der Waals surface area contributed by atoms with E-state index in [0.29, 0.717) is 0 Å². The zero-order valence-electron chi connectivity index (χ0n) is 8.56. The van der Waals surface area contributed by atoms with Crippen molar-refractivity contribution in [1.29, 1.82) is 0 Å². The number of thiocarbonyl (C=S) groups is 1. The fraction of sp³-hybridized carbons (Fsp3) is 0.273. The first-order valence-corrected chi connectivity index (χ1v) is 5.06. The molecule has 0 radical (unpaired) electrons. The highest BCUT2D eigenvalue weighted by Gasteiger charge is 2.45. The lowest BCUT2D eigenvalue weighted by Crippen LogP contribution is -2.36. The van der Waals surface area contributed by atoms with Gasteiger partial charge < -0.3 is 4.74 Å². The summed E-state index contributed by atoms with van der Waals surface area (Å²) in [5, 5.41) is 0.219. The lowest BCUT2D eigenvalue weighted by Gasteiger charge is -2.14. The molecular weight excluding hydrogens is 210 g/mol. The number of nitrogens with zero attached hydrogens (tertiary/aromatic N) is 1. The van der Waals surface area contributed by atoms with Gasteiger partial charge in [0.05, 0.1) is 5.69 Å². The molecule has 1 saturated heterocycles. The fourth-order valence-corrected chi connectivity index (χ4v) is 1.86. The van der Waals surface area contributed by atoms with Crippen LogP contribution in [0.25, 0.3) is 0 Å². The average Bonchev–Trinajstić information content (AvgIpc) is 2.38. The van der Waals surface area contributed by atoms with Gasteiger partial charge >= 0.3 is 0 Å². The predicted molar refractivity (Wildman–Crippen MR) is 61.7 cm³/mol. The Labute approximate surface area is 93.6 Å². The molecule has 0 aromatic heterocycles. The lowest BCUT2D eigenvalue weighted by molar-refractivity contribution is -0.126. The summed E-state index contributed by atoms with van der Waals surface area (Å²) < 4.78 is 5.34. The smallest absolute Gasteiger partial charge is 0.278 e. The molecule has 15 heavy (non-hydrogen) atoms. The highest BCUT2D eigenvalue weighted by molar-refractivity contribution is 7.80. The summed E-state index contributed by atoms with van der Waals surface area (Å²) in [4.78, 5) is 13.4. The van der Waals surface area contributed by atoms with Crippen LogP contribution >= 0.6 is 12.2 Å². The first-order chi connectivity index (χ1) is 7.02. The van der Waals surface area contributed by atoms with Crippen molar-refractivity contribution in [2.75, 3.05) is 4.90 Å². The van der Waals surface area contributed by atoms with E-state index in [9.17, 15) is 4.79 Å². The lowest BCUT2D eigenvalue weighted by atomic mass is 10.1. The van der Waals surface area contributed by atoms with Gasteiger partial charge in [-0.05, 0) is 38.2 Å². The van der Waals surface area contributed by atoms with E-state index in [1.807, 2.05) is 30.3 Å². The Morgan fingerprint density at radius 2 is 1.87 bits per heavy atom. The molecule has 1 heterocycles. The van der Waals surface area contributed by atoms with Crippen molar-refractivity contribution in [3.8, 4) is 0 Å². The second-order valence-corrected chi connectivity index (χ2v) is 4.20. The van der Waals surface area contributed by atoms with Crippen LogP contribution in [0, 0.1) is 0 Å². The number of benzene rings is 1. The summed E-state index contributed by atoms with van der Waals surface area (Å²) in [6, 6.07) is 9.26. The predicted octanol–water partition coefficient (Wildman–Crippen LogP) is 2.11. The van der Waals surface area contributed by atoms with Gasteiger partial charge in [0.15, 0.2) is 5.60 Å². The Morgan fingerprint density at radius 1 is 1.27 bits per heavy atom. The summed E-state index contributed by atoms with van der Waals surface area (Å²) in [5.74, 6) is -0.126. The number of carbonyl (C=O) groups excluding carboxylic acids is 1. The first kappa shape index (κ1) is 10.1. The van der Waals surface area contributed by atoms with E-state index >= 15 is 0 Å². The van der Waals surface area contributed by atoms with Crippen molar-refractivity contribution < 1.29 is 9.53 Å². The van der Waals surface area contributed by atoms with E-state index in [1.54, 1.807) is 13.8 Å². The van der Waals surface area contributed by atoms with Crippen LogP contribution in [-0.2, 0) is 9.53 Å². The van der Waals surface area contributed by atoms with Gasteiger partial charge in [-0.15, -0.1) is 0 Å². The normalized spacial score (nSPS) is 19.2. The minimum absolute atomic E-state index is 0.126. The van der Waals surface area contributed by atoms with Crippen LogP contribution in [0.5, 0.6) is 0 Å². The molecule has 0 atom stereocenters. The van der Waals surface area contributed by atoms with Crippen LogP contribution in [0.1, 0.15) is 13.8 Å². The number of hydrogen-bond donors (Lipinski definition) is 0. The SMILES string of the molecule is CC1(C)OC(=S)N(c2ccccc2)C1=O. The van der Waals surface area contributed by atoms with Gasteiger partial charge in [-0.25, -0.2) is 4.90 Å². The van der Waals surface area contributed by atoms with Crippen LogP contribution < -0.4 is 4.90 Å². The molecule has 3 nitrogen and oxygen atoms in total. The molecular formula is C11H11NO2S. The quantitative estimate of drug-likeness (QED) is 0.680. The summed E-state index contributed by atoms with van der Waals surface area (Å²) in [5.41, 5.74) is -0.106. The van der Waals surface area contributed by atoms with Crippen LogP contribution in [0.15, 0.2) is 30.3 Å². The fourth-order valence-electron chi connectivity index (χ4n) is 1.46. The molecule has 0 N–H and O–H groups in total. The Morgan fingerprint density at radius 3 is 2.33 bits per heavy atom. The number of amides is 1. The average molecular weight is 221 g/mol. The maximum Gasteiger partial charge on any atom is 0.278 e. The largest absolute Gasteiger partial charge is 0.454 e. The standard InChI is InChI=1S/C11H11NO2S/c1-11(2)9(13)12(10(15)14-11)8-6-4-3-5-7-8/h3-7H,1-2H3. The molecule has 1 aliphatic rings. The third-order valence-corrected chi connectivity index (χ3v) is 2.52. The Bertz CT molecular complexity index is 414. The maximum absolute atomic E-state index is 12.0. The van der Waals surface area contributed by atoms with Crippen LogP contribution in [-0.4, -0.2) is 16.7 Å². The van der Waals surface area contributed by atoms with Crippen molar-refractivity contribution in [3.05, 3.63) is 30.3 Å². The number of hydrogen-bond acceptors (Lipinski definition) is 3. The van der Waals surface area contributed by atoms with Gasteiger partial charge in [0.2, 0.25) is 0 Å². The van der Waals surface area contributed by atoms with Crippen molar-refractivity contribution in [3.63, 3.8) is 0 Å². The second kappa shape index (κ2) is 3.31. The van der Waals surface area contributed by atoms with Crippen molar-refractivity contribution >= 4 is 29.0 Å². The number of ether oxygens (including phenoxy) is 1. The molecule has 1 aliphatic heterocycles. The van der Waals surface area contributed by atoms with Crippen LogP contribution in [0.4, 0.5) is 5.69 Å². The summed E-state index contributed by atoms with van der Waals surface area (Å²) >= 11 is 5.03. The molecule has 0 unspecified atom stereocenters. The molecule has 4 heteroatoms. The minimum atomic E-state index is -0.854. The molecule has 1 fully saturated rings. The van der Waals surface area contributed by atoms with Gasteiger partial charge in [-0.2, -0.15) is 0 Å². The van der Waals surface area contributed by atoms with Crippen molar-refractivity contribution in [2.24, 2.45) is 0 Å². The Kier molecular flexibility index (Phi) is 2.23. The topological polar surface area (TPSA) is 29.5 Å². The molecule has 1 amide bonds. The zero-order chi connectivity index (χ0) is 11.1. The molecule has 1 aromatic carbocycles. The van der Waals surface area contributed by atoms with E-state index in [2.05, 4.69) is 0 Å². The van der Waals surface area contributed by atoms with Crippen LogP contribution in [0.3, 0.4) is 0 Å².